The van der Waals surface area contributed by atoms with Crippen LogP contribution in [0.2, 0.25) is 0 Å². The van der Waals surface area contributed by atoms with E-state index in [4.69, 9.17) is 0 Å². The molecule has 0 spiro atoms. The van der Waals surface area contributed by atoms with Crippen LogP contribution in [0, 0.1) is 6.92 Å². The summed E-state index contributed by atoms with van der Waals surface area (Å²) >= 11 is 0. The molecule has 0 fully saturated rings. The molecule has 1 unspecified atom stereocenters. The fourth-order valence-electron chi connectivity index (χ4n) is 3.28. The van der Waals surface area contributed by atoms with Crippen molar-refractivity contribution in [3.05, 3.63) is 65.7 Å². The first-order valence-electron chi connectivity index (χ1n) is 10.8. The first kappa shape index (κ1) is 25.5. The minimum atomic E-state index is -3.60. The SMILES string of the molecule is CCNC(=O)C(C)N(Cc1ccc(C)cc1)C(=O)CCCN(C)S(=O)(=O)c1ccccc1. The second kappa shape index (κ2) is 11.8. The number of nitrogens with zero attached hydrogens (tertiary/aromatic N) is 2. The van der Waals surface area contributed by atoms with Gasteiger partial charge in [0.2, 0.25) is 21.8 Å². The van der Waals surface area contributed by atoms with Crippen molar-refractivity contribution in [2.24, 2.45) is 0 Å². The van der Waals surface area contributed by atoms with Crippen LogP contribution in [0.4, 0.5) is 0 Å². The van der Waals surface area contributed by atoms with Crippen LogP contribution in [0.15, 0.2) is 59.5 Å². The van der Waals surface area contributed by atoms with Gasteiger partial charge in [0.25, 0.3) is 0 Å². The van der Waals surface area contributed by atoms with E-state index in [0.29, 0.717) is 19.5 Å². The first-order valence-corrected chi connectivity index (χ1v) is 12.2. The Morgan fingerprint density at radius 1 is 1.03 bits per heavy atom. The molecule has 2 aromatic rings. The molecule has 1 atom stereocenters. The molecule has 2 rings (SSSR count). The van der Waals surface area contributed by atoms with Gasteiger partial charge in [-0.15, -0.1) is 0 Å². The Hall–Kier alpha value is -2.71. The van der Waals surface area contributed by atoms with Crippen LogP contribution in [0.25, 0.3) is 0 Å². The second-order valence-corrected chi connectivity index (χ2v) is 9.87. The number of hydrogen-bond donors (Lipinski definition) is 1. The monoisotopic (exact) mass is 459 g/mol. The molecular formula is C24H33N3O4S. The van der Waals surface area contributed by atoms with Crippen molar-refractivity contribution in [1.82, 2.24) is 14.5 Å². The lowest BCUT2D eigenvalue weighted by Gasteiger charge is -2.29. The molecule has 0 bridgehead atoms. The molecule has 2 aromatic carbocycles. The van der Waals surface area contributed by atoms with E-state index < -0.39 is 16.1 Å². The molecule has 0 aliphatic rings. The number of aryl methyl sites for hydroxylation is 1. The fraction of sp³-hybridized carbons (Fsp3) is 0.417. The molecule has 0 saturated carbocycles. The number of rotatable bonds is 11. The zero-order chi connectivity index (χ0) is 23.7. The number of hydrogen-bond acceptors (Lipinski definition) is 4. The molecule has 0 heterocycles. The highest BCUT2D eigenvalue weighted by Crippen LogP contribution is 2.16. The third kappa shape index (κ3) is 6.90. The smallest absolute Gasteiger partial charge is 0.242 e. The number of amides is 2. The largest absolute Gasteiger partial charge is 0.355 e. The van der Waals surface area contributed by atoms with Crippen molar-refractivity contribution in [3.8, 4) is 0 Å². The predicted molar refractivity (Wildman–Crippen MR) is 125 cm³/mol. The van der Waals surface area contributed by atoms with Crippen LogP contribution in [0.1, 0.15) is 37.8 Å². The lowest BCUT2D eigenvalue weighted by atomic mass is 10.1. The summed E-state index contributed by atoms with van der Waals surface area (Å²) in [6, 6.07) is 15.4. The molecule has 0 aliphatic carbocycles. The maximum absolute atomic E-state index is 13.0. The minimum absolute atomic E-state index is 0.143. The van der Waals surface area contributed by atoms with Crippen LogP contribution < -0.4 is 5.32 Å². The fourth-order valence-corrected chi connectivity index (χ4v) is 4.51. The van der Waals surface area contributed by atoms with Crippen LogP contribution >= 0.6 is 0 Å². The number of sulfonamides is 1. The number of carbonyl (C=O) groups excluding carboxylic acids is 2. The van der Waals surface area contributed by atoms with E-state index in [1.165, 1.54) is 11.4 Å². The zero-order valence-electron chi connectivity index (χ0n) is 19.2. The molecule has 1 N–H and O–H groups in total. The van der Waals surface area contributed by atoms with Crippen molar-refractivity contribution < 1.29 is 18.0 Å². The van der Waals surface area contributed by atoms with Crippen molar-refractivity contribution >= 4 is 21.8 Å². The molecule has 0 aliphatic heterocycles. The van der Waals surface area contributed by atoms with Gasteiger partial charge in [0.1, 0.15) is 6.04 Å². The van der Waals surface area contributed by atoms with Crippen molar-refractivity contribution in [2.75, 3.05) is 20.1 Å². The lowest BCUT2D eigenvalue weighted by Crippen LogP contribution is -2.47. The summed E-state index contributed by atoms with van der Waals surface area (Å²) in [7, 11) is -2.09. The van der Waals surface area contributed by atoms with Crippen molar-refractivity contribution in [1.29, 1.82) is 0 Å². The van der Waals surface area contributed by atoms with Gasteiger partial charge >= 0.3 is 0 Å². The Kier molecular flexibility index (Phi) is 9.41. The summed E-state index contributed by atoms with van der Waals surface area (Å²) in [5.74, 6) is -0.397. The summed E-state index contributed by atoms with van der Waals surface area (Å²) in [6.45, 7) is 6.54. The summed E-state index contributed by atoms with van der Waals surface area (Å²) in [6.07, 6.45) is 0.498. The maximum Gasteiger partial charge on any atom is 0.242 e. The number of carbonyl (C=O) groups is 2. The Morgan fingerprint density at radius 3 is 2.25 bits per heavy atom. The average Bonchev–Trinajstić information content (AvgIpc) is 2.78. The summed E-state index contributed by atoms with van der Waals surface area (Å²) in [5.41, 5.74) is 2.05. The van der Waals surface area contributed by atoms with Gasteiger partial charge in [-0.05, 0) is 44.9 Å². The van der Waals surface area contributed by atoms with E-state index in [1.54, 1.807) is 42.2 Å². The maximum atomic E-state index is 13.0. The van der Waals surface area contributed by atoms with E-state index in [-0.39, 0.29) is 29.7 Å². The standard InChI is InChI=1S/C24H33N3O4S/c1-5-25-24(29)20(3)27(18-21-15-13-19(2)14-16-21)23(28)12-9-17-26(4)32(30,31)22-10-7-6-8-11-22/h6-8,10-11,13-16,20H,5,9,12,17-18H2,1-4H3,(H,25,29). The Balaban J connectivity index is 2.05. The van der Waals surface area contributed by atoms with Crippen molar-refractivity contribution in [2.45, 2.75) is 51.1 Å². The van der Waals surface area contributed by atoms with Gasteiger partial charge in [-0.25, -0.2) is 12.7 Å². The normalized spacial score (nSPS) is 12.4. The predicted octanol–water partition coefficient (Wildman–Crippen LogP) is 2.95. The Morgan fingerprint density at radius 2 is 1.66 bits per heavy atom. The topological polar surface area (TPSA) is 86.8 Å². The quantitative estimate of drug-likeness (QED) is 0.560. The highest BCUT2D eigenvalue weighted by molar-refractivity contribution is 7.89. The number of nitrogens with one attached hydrogen (secondary N) is 1. The van der Waals surface area contributed by atoms with Crippen molar-refractivity contribution in [3.63, 3.8) is 0 Å². The van der Waals surface area contributed by atoms with Gasteiger partial charge < -0.3 is 10.2 Å². The van der Waals surface area contributed by atoms with E-state index in [2.05, 4.69) is 5.32 Å². The van der Waals surface area contributed by atoms with Crippen LogP contribution in [0.3, 0.4) is 0 Å². The van der Waals surface area contributed by atoms with Gasteiger partial charge in [0.15, 0.2) is 0 Å². The van der Waals surface area contributed by atoms with Crippen LogP contribution in [0.5, 0.6) is 0 Å². The van der Waals surface area contributed by atoms with Crippen LogP contribution in [-0.2, 0) is 26.2 Å². The van der Waals surface area contributed by atoms with Gasteiger partial charge in [-0.2, -0.15) is 0 Å². The molecule has 2 amide bonds. The van der Waals surface area contributed by atoms with Gasteiger partial charge in [-0.1, -0.05) is 48.0 Å². The third-order valence-corrected chi connectivity index (χ3v) is 7.18. The molecule has 0 saturated heterocycles. The Labute approximate surface area is 191 Å². The van der Waals surface area contributed by atoms with E-state index in [9.17, 15) is 18.0 Å². The number of likely N-dealkylation sites (N-methyl/N-ethyl adjacent to an activating group) is 1. The van der Waals surface area contributed by atoms with Gasteiger partial charge in [0.05, 0.1) is 4.90 Å². The summed E-state index contributed by atoms with van der Waals surface area (Å²) in [5, 5.41) is 2.77. The molecule has 32 heavy (non-hydrogen) atoms. The lowest BCUT2D eigenvalue weighted by molar-refractivity contribution is -0.140. The summed E-state index contributed by atoms with van der Waals surface area (Å²) < 4.78 is 26.6. The van der Waals surface area contributed by atoms with E-state index in [1.807, 2.05) is 38.1 Å². The first-order chi connectivity index (χ1) is 15.2. The highest BCUT2D eigenvalue weighted by atomic mass is 32.2. The highest BCUT2D eigenvalue weighted by Gasteiger charge is 2.26. The molecule has 0 aromatic heterocycles. The number of benzene rings is 2. The van der Waals surface area contributed by atoms with E-state index in [0.717, 1.165) is 11.1 Å². The average molecular weight is 460 g/mol. The van der Waals surface area contributed by atoms with Gasteiger partial charge in [-0.3, -0.25) is 9.59 Å². The minimum Gasteiger partial charge on any atom is -0.355 e. The van der Waals surface area contributed by atoms with Gasteiger partial charge in [0, 0.05) is 33.1 Å². The molecule has 7 nitrogen and oxygen atoms in total. The van der Waals surface area contributed by atoms with Crippen LogP contribution in [-0.4, -0.2) is 55.6 Å². The van der Waals surface area contributed by atoms with E-state index >= 15 is 0 Å². The molecule has 174 valence electrons. The Bertz CT molecular complexity index is 992. The third-order valence-electron chi connectivity index (χ3n) is 5.31. The second-order valence-electron chi connectivity index (χ2n) is 7.82. The molecule has 8 heteroatoms. The molecular weight excluding hydrogens is 426 g/mol. The molecule has 0 radical (unpaired) electrons. The summed E-state index contributed by atoms with van der Waals surface area (Å²) in [4.78, 5) is 27.2. The zero-order valence-corrected chi connectivity index (χ0v) is 20.1.